The number of nitrogens with one attached hydrogen (secondary N) is 1. The van der Waals surface area contributed by atoms with E-state index in [0.717, 1.165) is 5.56 Å². The molecule has 1 amide bonds. The zero-order valence-corrected chi connectivity index (χ0v) is 16.2. The van der Waals surface area contributed by atoms with Gasteiger partial charge < -0.3 is 14.6 Å². The Morgan fingerprint density at radius 1 is 1.04 bits per heavy atom. The summed E-state index contributed by atoms with van der Waals surface area (Å²) < 4.78 is 6.78. The van der Waals surface area contributed by atoms with Crippen LogP contribution < -0.4 is 5.32 Å². The predicted octanol–water partition coefficient (Wildman–Crippen LogP) is 3.82. The van der Waals surface area contributed by atoms with Gasteiger partial charge in [-0.3, -0.25) is 4.79 Å². The topological polar surface area (TPSA) is 60.3 Å². The van der Waals surface area contributed by atoms with Crippen molar-refractivity contribution in [3.05, 3.63) is 59.4 Å². The number of hydrogen-bond donors (Lipinski definition) is 1. The maximum Gasteiger partial charge on any atom is 0.355 e. The molecule has 1 N–H and O–H groups in total. The monoisotopic (exact) mass is 356 g/mol. The summed E-state index contributed by atoms with van der Waals surface area (Å²) in [6.45, 7) is 8.11. The number of carbonyl (C=O) groups excluding carboxylic acids is 2. The minimum Gasteiger partial charge on any atom is -0.451 e. The van der Waals surface area contributed by atoms with Crippen LogP contribution in [0.5, 0.6) is 0 Å². The lowest BCUT2D eigenvalue weighted by Crippen LogP contribution is -2.35. The Hall–Kier alpha value is -2.56. The Bertz CT molecular complexity index is 745. The van der Waals surface area contributed by atoms with Gasteiger partial charge in [0.1, 0.15) is 5.69 Å². The summed E-state index contributed by atoms with van der Waals surface area (Å²) in [4.78, 5) is 24.3. The molecule has 2 rings (SSSR count). The number of amides is 1. The Balaban J connectivity index is 1.97. The zero-order chi connectivity index (χ0) is 19.3. The minimum absolute atomic E-state index is 0.127. The summed E-state index contributed by atoms with van der Waals surface area (Å²) >= 11 is 0. The third kappa shape index (κ3) is 4.97. The normalized spacial score (nSPS) is 12.3. The predicted molar refractivity (Wildman–Crippen MR) is 102 cm³/mol. The van der Waals surface area contributed by atoms with E-state index >= 15 is 0 Å². The van der Waals surface area contributed by atoms with Crippen LogP contribution in [-0.2, 0) is 16.6 Å². The molecule has 1 aromatic heterocycles. The van der Waals surface area contributed by atoms with E-state index in [1.54, 1.807) is 29.9 Å². The van der Waals surface area contributed by atoms with Crippen molar-refractivity contribution in [1.82, 2.24) is 9.88 Å². The molecule has 26 heavy (non-hydrogen) atoms. The molecule has 0 aliphatic heterocycles. The van der Waals surface area contributed by atoms with Crippen molar-refractivity contribution >= 4 is 11.9 Å². The molecule has 5 heteroatoms. The number of aromatic nitrogens is 1. The highest BCUT2D eigenvalue weighted by atomic mass is 16.5. The fourth-order valence-electron chi connectivity index (χ4n) is 2.82. The number of ether oxygens (including phenoxy) is 1. The van der Waals surface area contributed by atoms with Crippen molar-refractivity contribution < 1.29 is 14.3 Å². The molecule has 5 nitrogen and oxygen atoms in total. The van der Waals surface area contributed by atoms with Crippen LogP contribution in [0.3, 0.4) is 0 Å². The lowest BCUT2D eigenvalue weighted by atomic mass is 9.93. The van der Waals surface area contributed by atoms with Gasteiger partial charge in [-0.2, -0.15) is 0 Å². The number of benzene rings is 1. The first-order chi connectivity index (χ1) is 12.3. The maximum absolute atomic E-state index is 12.3. The average molecular weight is 356 g/mol. The first-order valence-corrected chi connectivity index (χ1v) is 8.97. The van der Waals surface area contributed by atoms with E-state index in [-0.39, 0.29) is 24.5 Å². The smallest absolute Gasteiger partial charge is 0.355 e. The van der Waals surface area contributed by atoms with Crippen LogP contribution in [0.15, 0.2) is 42.6 Å². The van der Waals surface area contributed by atoms with E-state index in [1.807, 2.05) is 0 Å². The van der Waals surface area contributed by atoms with E-state index in [9.17, 15) is 9.59 Å². The van der Waals surface area contributed by atoms with E-state index in [2.05, 4.69) is 57.3 Å². The number of carbonyl (C=O) groups is 2. The molecular formula is C21H28N2O3. The Labute approximate surface area is 155 Å². The highest BCUT2D eigenvalue weighted by Gasteiger charge is 2.20. The largest absolute Gasteiger partial charge is 0.451 e. The molecule has 140 valence electrons. The van der Waals surface area contributed by atoms with Gasteiger partial charge >= 0.3 is 5.97 Å². The van der Waals surface area contributed by atoms with Gasteiger partial charge in [-0.25, -0.2) is 4.79 Å². The second-order valence-corrected chi connectivity index (χ2v) is 7.19. The molecule has 1 aromatic carbocycles. The lowest BCUT2D eigenvalue weighted by Gasteiger charge is -2.23. The zero-order valence-electron chi connectivity index (χ0n) is 16.2. The fraction of sp³-hybridized carbons (Fsp3) is 0.429. The van der Waals surface area contributed by atoms with Gasteiger partial charge in [-0.15, -0.1) is 0 Å². The Morgan fingerprint density at radius 3 is 2.15 bits per heavy atom. The van der Waals surface area contributed by atoms with Crippen LogP contribution in [0.2, 0.25) is 0 Å². The van der Waals surface area contributed by atoms with Crippen LogP contribution in [0.4, 0.5) is 0 Å². The third-order valence-corrected chi connectivity index (χ3v) is 4.43. The van der Waals surface area contributed by atoms with Gasteiger partial charge in [0.15, 0.2) is 6.61 Å². The van der Waals surface area contributed by atoms with E-state index in [1.165, 1.54) is 5.56 Å². The summed E-state index contributed by atoms with van der Waals surface area (Å²) in [7, 11) is 1.76. The van der Waals surface area contributed by atoms with Crippen LogP contribution in [0.25, 0.3) is 0 Å². The van der Waals surface area contributed by atoms with Gasteiger partial charge in [-0.1, -0.05) is 52.0 Å². The van der Waals surface area contributed by atoms with Crippen molar-refractivity contribution in [2.24, 2.45) is 13.0 Å². The third-order valence-electron chi connectivity index (χ3n) is 4.43. The number of nitrogens with zero attached hydrogens (tertiary/aromatic N) is 1. The van der Waals surface area contributed by atoms with Gasteiger partial charge in [0.05, 0.1) is 6.04 Å². The van der Waals surface area contributed by atoms with Gasteiger partial charge in [0, 0.05) is 13.2 Å². The Morgan fingerprint density at radius 2 is 1.65 bits per heavy atom. The van der Waals surface area contributed by atoms with Crippen molar-refractivity contribution in [2.75, 3.05) is 6.61 Å². The Kier molecular flexibility index (Phi) is 6.61. The number of hydrogen-bond acceptors (Lipinski definition) is 3. The minimum atomic E-state index is -0.505. The second kappa shape index (κ2) is 8.70. The second-order valence-electron chi connectivity index (χ2n) is 7.19. The number of rotatable bonds is 7. The van der Waals surface area contributed by atoms with Crippen LogP contribution in [0.1, 0.15) is 61.3 Å². The van der Waals surface area contributed by atoms with Crippen molar-refractivity contribution in [3.8, 4) is 0 Å². The molecule has 0 fully saturated rings. The highest BCUT2D eigenvalue weighted by Crippen LogP contribution is 2.24. The molecule has 1 heterocycles. The van der Waals surface area contributed by atoms with Crippen LogP contribution >= 0.6 is 0 Å². The lowest BCUT2D eigenvalue weighted by molar-refractivity contribution is -0.125. The molecule has 0 unspecified atom stereocenters. The summed E-state index contributed by atoms with van der Waals surface area (Å²) in [5.74, 6) is -0.130. The van der Waals surface area contributed by atoms with Crippen molar-refractivity contribution in [1.29, 1.82) is 0 Å². The molecule has 0 radical (unpaired) electrons. The standard InChI is InChI=1S/C21H28N2O3/c1-14(2)16-8-10-17(11-9-16)20(15(3)4)22-19(24)13-26-21(25)18-7-6-12-23(18)5/h6-12,14-15,20H,13H2,1-5H3,(H,22,24)/t20-/m0/s1. The van der Waals surface area contributed by atoms with E-state index in [0.29, 0.717) is 11.6 Å². The first kappa shape index (κ1) is 19.8. The number of esters is 1. The van der Waals surface area contributed by atoms with Gasteiger partial charge in [0.25, 0.3) is 5.91 Å². The van der Waals surface area contributed by atoms with Crippen LogP contribution in [0, 0.1) is 5.92 Å². The maximum atomic E-state index is 12.3. The quantitative estimate of drug-likeness (QED) is 0.767. The SMILES string of the molecule is CC(C)c1ccc([C@@H](NC(=O)COC(=O)c2cccn2C)C(C)C)cc1. The van der Waals surface area contributed by atoms with E-state index < -0.39 is 5.97 Å². The van der Waals surface area contributed by atoms with E-state index in [4.69, 9.17) is 4.74 Å². The van der Waals surface area contributed by atoms with Gasteiger partial charge in [-0.05, 0) is 35.1 Å². The molecule has 1 atom stereocenters. The summed E-state index contributed by atoms with van der Waals surface area (Å²) in [5.41, 5.74) is 2.73. The molecule has 2 aromatic rings. The fourth-order valence-corrected chi connectivity index (χ4v) is 2.82. The number of aryl methyl sites for hydroxylation is 1. The highest BCUT2D eigenvalue weighted by molar-refractivity contribution is 5.90. The average Bonchev–Trinajstić information content (AvgIpc) is 3.03. The molecule has 0 saturated carbocycles. The first-order valence-electron chi connectivity index (χ1n) is 8.97. The van der Waals surface area contributed by atoms with Crippen molar-refractivity contribution in [3.63, 3.8) is 0 Å². The molecule has 0 spiro atoms. The van der Waals surface area contributed by atoms with Crippen LogP contribution in [-0.4, -0.2) is 23.1 Å². The molecular weight excluding hydrogens is 328 g/mol. The summed E-state index contributed by atoms with van der Waals surface area (Å²) in [6, 6.07) is 11.6. The molecule has 0 bridgehead atoms. The van der Waals surface area contributed by atoms with Crippen molar-refractivity contribution in [2.45, 2.75) is 39.7 Å². The summed E-state index contributed by atoms with van der Waals surface area (Å²) in [6.07, 6.45) is 1.76. The molecule has 0 aliphatic rings. The van der Waals surface area contributed by atoms with Gasteiger partial charge in [0.2, 0.25) is 0 Å². The molecule has 0 aliphatic carbocycles. The molecule has 0 saturated heterocycles. The summed E-state index contributed by atoms with van der Waals surface area (Å²) in [5, 5.41) is 2.97.